The Morgan fingerprint density at radius 1 is 1.30 bits per heavy atom. The summed E-state index contributed by atoms with van der Waals surface area (Å²) >= 11 is 0. The summed E-state index contributed by atoms with van der Waals surface area (Å²) in [5.74, 6) is 0.153. The number of anilines is 1. The second-order valence-electron chi connectivity index (χ2n) is 4.92. The number of aromatic nitrogens is 2. The van der Waals surface area contributed by atoms with E-state index in [0.29, 0.717) is 26.0 Å². The van der Waals surface area contributed by atoms with E-state index in [4.69, 9.17) is 10.5 Å². The fourth-order valence-electron chi connectivity index (χ4n) is 2.06. The zero-order chi connectivity index (χ0) is 16.7. The summed E-state index contributed by atoms with van der Waals surface area (Å²) in [4.78, 5) is 27.1. The van der Waals surface area contributed by atoms with Crippen LogP contribution in [0.15, 0.2) is 36.7 Å². The average Bonchev–Trinajstić information content (AvgIpc) is 2.95. The lowest BCUT2D eigenvalue weighted by Gasteiger charge is -2.09. The molecule has 3 N–H and O–H groups in total. The zero-order valence-electron chi connectivity index (χ0n) is 13.0. The minimum absolute atomic E-state index is 0.200. The van der Waals surface area contributed by atoms with Crippen molar-refractivity contribution >= 4 is 17.6 Å². The summed E-state index contributed by atoms with van der Waals surface area (Å²) in [6, 6.07) is 9.48. The van der Waals surface area contributed by atoms with Gasteiger partial charge in [-0.1, -0.05) is 25.1 Å². The van der Waals surface area contributed by atoms with E-state index >= 15 is 0 Å². The lowest BCUT2D eigenvalue weighted by atomic mass is 10.3. The van der Waals surface area contributed by atoms with Crippen LogP contribution in [-0.4, -0.2) is 28.0 Å². The normalized spacial score (nSPS) is 10.3. The molecule has 122 valence electrons. The molecule has 0 radical (unpaired) electrons. The number of nitrogens with zero attached hydrogens (tertiary/aromatic N) is 2. The second-order valence-corrected chi connectivity index (χ2v) is 4.92. The van der Waals surface area contributed by atoms with Gasteiger partial charge < -0.3 is 20.4 Å². The maximum Gasteiger partial charge on any atom is 0.269 e. The van der Waals surface area contributed by atoms with Crippen LogP contribution in [0.2, 0.25) is 0 Å². The lowest BCUT2D eigenvalue weighted by Crippen LogP contribution is -2.21. The molecular formula is C16H20N4O3. The SMILES string of the molecule is CCC(=O)Nc1ncn(CCCOc2ccccc2)c1C(N)=O. The van der Waals surface area contributed by atoms with Gasteiger partial charge in [0.15, 0.2) is 11.5 Å². The van der Waals surface area contributed by atoms with Crippen LogP contribution < -0.4 is 15.8 Å². The molecule has 2 aromatic rings. The van der Waals surface area contributed by atoms with Gasteiger partial charge in [0.05, 0.1) is 12.9 Å². The Bertz CT molecular complexity index is 667. The van der Waals surface area contributed by atoms with Gasteiger partial charge in [-0.3, -0.25) is 9.59 Å². The van der Waals surface area contributed by atoms with E-state index < -0.39 is 5.91 Å². The van der Waals surface area contributed by atoms with Gasteiger partial charge in [0.1, 0.15) is 5.75 Å². The van der Waals surface area contributed by atoms with Gasteiger partial charge in [-0.2, -0.15) is 0 Å². The molecule has 1 aromatic carbocycles. The summed E-state index contributed by atoms with van der Waals surface area (Å²) in [5.41, 5.74) is 5.59. The number of ether oxygens (including phenoxy) is 1. The molecule has 0 saturated carbocycles. The van der Waals surface area contributed by atoms with Crippen LogP contribution >= 0.6 is 0 Å². The highest BCUT2D eigenvalue weighted by molar-refractivity contribution is 6.00. The molecular weight excluding hydrogens is 296 g/mol. The predicted molar refractivity (Wildman–Crippen MR) is 86.2 cm³/mol. The predicted octanol–water partition coefficient (Wildman–Crippen LogP) is 1.80. The summed E-state index contributed by atoms with van der Waals surface area (Å²) < 4.78 is 7.22. The summed E-state index contributed by atoms with van der Waals surface area (Å²) in [6.07, 6.45) is 2.47. The fraction of sp³-hybridized carbons (Fsp3) is 0.312. The molecule has 0 fully saturated rings. The van der Waals surface area contributed by atoms with Crippen molar-refractivity contribution in [3.63, 3.8) is 0 Å². The molecule has 1 aromatic heterocycles. The molecule has 0 saturated heterocycles. The molecule has 2 amide bonds. The van der Waals surface area contributed by atoms with Gasteiger partial charge in [0, 0.05) is 13.0 Å². The first-order chi connectivity index (χ1) is 11.1. The number of para-hydroxylation sites is 1. The molecule has 2 rings (SSSR count). The summed E-state index contributed by atoms with van der Waals surface area (Å²) in [7, 11) is 0. The van der Waals surface area contributed by atoms with Crippen molar-refractivity contribution < 1.29 is 14.3 Å². The number of aryl methyl sites for hydroxylation is 1. The zero-order valence-corrected chi connectivity index (χ0v) is 13.0. The Morgan fingerprint density at radius 2 is 2.04 bits per heavy atom. The second kappa shape index (κ2) is 7.98. The molecule has 7 heteroatoms. The molecule has 0 spiro atoms. The third-order valence-electron chi connectivity index (χ3n) is 3.21. The van der Waals surface area contributed by atoms with E-state index in [0.717, 1.165) is 5.75 Å². The third-order valence-corrected chi connectivity index (χ3v) is 3.21. The van der Waals surface area contributed by atoms with E-state index in [2.05, 4.69) is 10.3 Å². The van der Waals surface area contributed by atoms with Gasteiger partial charge in [-0.15, -0.1) is 0 Å². The number of carbonyl (C=O) groups is 2. The van der Waals surface area contributed by atoms with Crippen LogP contribution in [0.25, 0.3) is 0 Å². The molecule has 0 bridgehead atoms. The molecule has 0 aliphatic heterocycles. The van der Waals surface area contributed by atoms with Crippen molar-refractivity contribution in [2.75, 3.05) is 11.9 Å². The molecule has 0 aliphatic rings. The Hall–Kier alpha value is -2.83. The smallest absolute Gasteiger partial charge is 0.269 e. The van der Waals surface area contributed by atoms with E-state index in [1.54, 1.807) is 11.5 Å². The number of nitrogens with one attached hydrogen (secondary N) is 1. The molecule has 0 aliphatic carbocycles. The van der Waals surface area contributed by atoms with Crippen molar-refractivity contribution in [1.29, 1.82) is 0 Å². The van der Waals surface area contributed by atoms with Gasteiger partial charge >= 0.3 is 0 Å². The van der Waals surface area contributed by atoms with E-state index in [-0.39, 0.29) is 17.4 Å². The number of carbonyl (C=O) groups excluding carboxylic acids is 2. The minimum atomic E-state index is -0.627. The minimum Gasteiger partial charge on any atom is -0.494 e. The number of primary amides is 1. The fourth-order valence-corrected chi connectivity index (χ4v) is 2.06. The lowest BCUT2D eigenvalue weighted by molar-refractivity contribution is -0.115. The van der Waals surface area contributed by atoms with Gasteiger partial charge in [-0.05, 0) is 18.6 Å². The van der Waals surface area contributed by atoms with Crippen LogP contribution in [0.1, 0.15) is 30.3 Å². The largest absolute Gasteiger partial charge is 0.494 e. The van der Waals surface area contributed by atoms with Crippen LogP contribution in [0, 0.1) is 0 Å². The number of hydrogen-bond donors (Lipinski definition) is 2. The summed E-state index contributed by atoms with van der Waals surface area (Å²) in [5, 5.41) is 2.58. The molecule has 7 nitrogen and oxygen atoms in total. The van der Waals surface area contributed by atoms with E-state index in [9.17, 15) is 9.59 Å². The number of amides is 2. The van der Waals surface area contributed by atoms with E-state index in [1.165, 1.54) is 6.33 Å². The van der Waals surface area contributed by atoms with Crippen molar-refractivity contribution in [3.05, 3.63) is 42.4 Å². The van der Waals surface area contributed by atoms with Gasteiger partial charge in [0.25, 0.3) is 5.91 Å². The monoisotopic (exact) mass is 316 g/mol. The van der Waals surface area contributed by atoms with Crippen LogP contribution in [0.3, 0.4) is 0 Å². The first-order valence-electron chi connectivity index (χ1n) is 7.44. The Labute approximate surface area is 134 Å². The Kier molecular flexibility index (Phi) is 5.74. The van der Waals surface area contributed by atoms with Crippen LogP contribution in [-0.2, 0) is 11.3 Å². The standard InChI is InChI=1S/C16H20N4O3/c1-2-13(21)19-16-14(15(17)22)20(11-18-16)9-6-10-23-12-7-4-3-5-8-12/h3-5,7-8,11H,2,6,9-10H2,1H3,(H2,17,22)(H,19,21). The van der Waals surface area contributed by atoms with Crippen molar-refractivity contribution in [3.8, 4) is 5.75 Å². The highest BCUT2D eigenvalue weighted by Gasteiger charge is 2.17. The maximum absolute atomic E-state index is 11.6. The first kappa shape index (κ1) is 16.5. The Morgan fingerprint density at radius 3 is 2.70 bits per heavy atom. The van der Waals surface area contributed by atoms with E-state index in [1.807, 2.05) is 30.3 Å². The van der Waals surface area contributed by atoms with Crippen LogP contribution in [0.4, 0.5) is 5.82 Å². The van der Waals surface area contributed by atoms with Crippen molar-refractivity contribution in [1.82, 2.24) is 9.55 Å². The molecule has 0 atom stereocenters. The highest BCUT2D eigenvalue weighted by Crippen LogP contribution is 2.14. The Balaban J connectivity index is 1.94. The van der Waals surface area contributed by atoms with Gasteiger partial charge in [-0.25, -0.2) is 4.98 Å². The number of nitrogens with two attached hydrogens (primary N) is 1. The molecule has 1 heterocycles. The first-order valence-corrected chi connectivity index (χ1v) is 7.44. The average molecular weight is 316 g/mol. The van der Waals surface area contributed by atoms with Crippen LogP contribution in [0.5, 0.6) is 5.75 Å². The van der Waals surface area contributed by atoms with Gasteiger partial charge in [0.2, 0.25) is 5.91 Å². The molecule has 0 unspecified atom stereocenters. The number of imidazole rings is 1. The highest BCUT2D eigenvalue weighted by atomic mass is 16.5. The van der Waals surface area contributed by atoms with Crippen molar-refractivity contribution in [2.45, 2.75) is 26.3 Å². The number of hydrogen-bond acceptors (Lipinski definition) is 4. The topological polar surface area (TPSA) is 99.2 Å². The quantitative estimate of drug-likeness (QED) is 0.725. The molecule has 23 heavy (non-hydrogen) atoms. The maximum atomic E-state index is 11.6. The summed E-state index contributed by atoms with van der Waals surface area (Å²) in [6.45, 7) is 2.73. The van der Waals surface area contributed by atoms with Crippen molar-refractivity contribution in [2.24, 2.45) is 5.73 Å². The number of rotatable bonds is 8. The number of benzene rings is 1. The third kappa shape index (κ3) is 4.57.